The maximum Gasteiger partial charge on any atom is 0.238 e. The third-order valence-corrected chi connectivity index (χ3v) is 4.19. The summed E-state index contributed by atoms with van der Waals surface area (Å²) in [5, 5.41) is 12.9. The number of amides is 1. The van der Waals surface area contributed by atoms with Crippen LogP contribution >= 0.6 is 0 Å². The highest BCUT2D eigenvalue weighted by Gasteiger charge is 2.27. The van der Waals surface area contributed by atoms with E-state index in [1.54, 1.807) is 6.07 Å². The summed E-state index contributed by atoms with van der Waals surface area (Å²) < 4.78 is 0. The second-order valence-corrected chi connectivity index (χ2v) is 5.96. The van der Waals surface area contributed by atoms with Crippen LogP contribution in [0.5, 0.6) is 0 Å². The van der Waals surface area contributed by atoms with Gasteiger partial charge in [0.1, 0.15) is 0 Å². The molecule has 5 heteroatoms. The normalized spacial score (nSPS) is 22.3. The molecule has 0 aliphatic heterocycles. The molecule has 1 aliphatic carbocycles. The van der Waals surface area contributed by atoms with Crippen molar-refractivity contribution in [3.8, 4) is 0 Å². The molecule has 1 fully saturated rings. The molecule has 4 N–H and O–H groups in total. The van der Waals surface area contributed by atoms with Crippen LogP contribution in [0.2, 0.25) is 0 Å². The van der Waals surface area contributed by atoms with Crippen molar-refractivity contribution in [1.82, 2.24) is 4.90 Å². The number of hydrogen-bond donors (Lipinski definition) is 3. The van der Waals surface area contributed by atoms with Gasteiger partial charge in [0.05, 0.1) is 12.6 Å². The van der Waals surface area contributed by atoms with Crippen LogP contribution in [0.3, 0.4) is 0 Å². The number of carbonyl (C=O) groups excluding carboxylic acids is 1. The average Bonchev–Trinajstić information content (AvgIpc) is 2.43. The molecule has 1 aromatic rings. The van der Waals surface area contributed by atoms with Crippen LogP contribution in [0, 0.1) is 6.92 Å². The number of nitrogens with two attached hydrogens (primary N) is 1. The number of hydrogen-bond acceptors (Lipinski definition) is 4. The lowest BCUT2D eigenvalue weighted by atomic mass is 9.91. The molecule has 0 bridgehead atoms. The number of aliphatic hydroxyl groups excluding tert-OH is 1. The van der Waals surface area contributed by atoms with Gasteiger partial charge in [0, 0.05) is 17.4 Å². The van der Waals surface area contributed by atoms with Crippen LogP contribution in [0.25, 0.3) is 0 Å². The monoisotopic (exact) mass is 291 g/mol. The summed E-state index contributed by atoms with van der Waals surface area (Å²) in [6.07, 6.45) is 3.63. The third kappa shape index (κ3) is 4.19. The SMILES string of the molecule is Cc1ccc(N)cc1NC(=O)CN(C)C1CCCCC1O. The molecular formula is C16H25N3O2. The molecule has 1 aromatic carbocycles. The fourth-order valence-corrected chi connectivity index (χ4v) is 2.91. The number of rotatable bonds is 4. The van der Waals surface area contributed by atoms with Gasteiger partial charge >= 0.3 is 0 Å². The second-order valence-electron chi connectivity index (χ2n) is 5.96. The second kappa shape index (κ2) is 6.91. The van der Waals surface area contributed by atoms with Crippen LogP contribution in [-0.2, 0) is 4.79 Å². The van der Waals surface area contributed by atoms with E-state index in [-0.39, 0.29) is 24.6 Å². The minimum atomic E-state index is -0.328. The number of aliphatic hydroxyl groups is 1. The Balaban J connectivity index is 1.93. The molecule has 2 unspecified atom stereocenters. The molecular weight excluding hydrogens is 266 g/mol. The molecule has 21 heavy (non-hydrogen) atoms. The summed E-state index contributed by atoms with van der Waals surface area (Å²) in [5.41, 5.74) is 8.11. The topological polar surface area (TPSA) is 78.6 Å². The quantitative estimate of drug-likeness (QED) is 0.739. The molecule has 1 amide bonds. The summed E-state index contributed by atoms with van der Waals surface area (Å²) in [6.45, 7) is 2.21. The summed E-state index contributed by atoms with van der Waals surface area (Å²) in [5.74, 6) is -0.0797. The lowest BCUT2D eigenvalue weighted by Gasteiger charge is -2.34. The van der Waals surface area contributed by atoms with E-state index in [1.165, 1.54) is 0 Å². The Bertz CT molecular complexity index is 504. The molecule has 1 aliphatic rings. The van der Waals surface area contributed by atoms with Gasteiger partial charge in [-0.3, -0.25) is 9.69 Å². The molecule has 116 valence electrons. The lowest BCUT2D eigenvalue weighted by Crippen LogP contribution is -2.46. The molecule has 2 rings (SSSR count). The molecule has 1 saturated carbocycles. The highest BCUT2D eigenvalue weighted by Crippen LogP contribution is 2.22. The molecule has 0 heterocycles. The summed E-state index contributed by atoms with van der Waals surface area (Å²) in [4.78, 5) is 14.1. The van der Waals surface area contributed by atoms with Crippen LogP contribution in [0.1, 0.15) is 31.2 Å². The predicted molar refractivity (Wildman–Crippen MR) is 85.1 cm³/mol. The number of anilines is 2. The van der Waals surface area contributed by atoms with Crippen molar-refractivity contribution in [2.75, 3.05) is 24.6 Å². The lowest BCUT2D eigenvalue weighted by molar-refractivity contribution is -0.118. The number of nitrogens with one attached hydrogen (secondary N) is 1. The Hall–Kier alpha value is -1.59. The van der Waals surface area contributed by atoms with Gasteiger partial charge in [-0.2, -0.15) is 0 Å². The number of aryl methyl sites for hydroxylation is 1. The van der Waals surface area contributed by atoms with E-state index in [2.05, 4.69) is 5.32 Å². The van der Waals surface area contributed by atoms with Crippen molar-refractivity contribution in [2.24, 2.45) is 0 Å². The van der Waals surface area contributed by atoms with Crippen LogP contribution in [0.15, 0.2) is 18.2 Å². The van der Waals surface area contributed by atoms with Gasteiger partial charge in [-0.05, 0) is 44.5 Å². The van der Waals surface area contributed by atoms with Gasteiger partial charge in [0.15, 0.2) is 0 Å². The molecule has 5 nitrogen and oxygen atoms in total. The Kier molecular flexibility index (Phi) is 5.20. The number of nitrogen functional groups attached to an aromatic ring is 1. The molecule has 2 atom stereocenters. The van der Waals surface area contributed by atoms with Crippen molar-refractivity contribution in [1.29, 1.82) is 0 Å². The number of benzene rings is 1. The van der Waals surface area contributed by atoms with E-state index in [0.717, 1.165) is 36.9 Å². The van der Waals surface area contributed by atoms with E-state index >= 15 is 0 Å². The number of likely N-dealkylation sites (N-methyl/N-ethyl adjacent to an activating group) is 1. The molecule has 0 spiro atoms. The summed E-state index contributed by atoms with van der Waals surface area (Å²) in [6, 6.07) is 5.55. The Morgan fingerprint density at radius 2 is 2.14 bits per heavy atom. The van der Waals surface area contributed by atoms with Crippen molar-refractivity contribution >= 4 is 17.3 Å². The fraction of sp³-hybridized carbons (Fsp3) is 0.562. The van der Waals surface area contributed by atoms with E-state index in [9.17, 15) is 9.90 Å². The summed E-state index contributed by atoms with van der Waals surface area (Å²) >= 11 is 0. The van der Waals surface area contributed by atoms with E-state index < -0.39 is 0 Å². The first-order chi connectivity index (χ1) is 9.97. The van der Waals surface area contributed by atoms with Crippen molar-refractivity contribution in [3.05, 3.63) is 23.8 Å². The fourth-order valence-electron chi connectivity index (χ4n) is 2.91. The molecule has 0 saturated heterocycles. The van der Waals surface area contributed by atoms with E-state index in [0.29, 0.717) is 5.69 Å². The Labute approximate surface area is 126 Å². The van der Waals surface area contributed by atoms with E-state index in [1.807, 2.05) is 31.0 Å². The van der Waals surface area contributed by atoms with Gasteiger partial charge in [-0.25, -0.2) is 0 Å². The smallest absolute Gasteiger partial charge is 0.238 e. The Morgan fingerprint density at radius 3 is 2.86 bits per heavy atom. The highest BCUT2D eigenvalue weighted by molar-refractivity contribution is 5.93. The Morgan fingerprint density at radius 1 is 1.43 bits per heavy atom. The average molecular weight is 291 g/mol. The zero-order chi connectivity index (χ0) is 15.4. The van der Waals surface area contributed by atoms with Gasteiger partial charge < -0.3 is 16.2 Å². The first kappa shape index (κ1) is 15.8. The first-order valence-electron chi connectivity index (χ1n) is 7.51. The van der Waals surface area contributed by atoms with E-state index in [4.69, 9.17) is 5.73 Å². The third-order valence-electron chi connectivity index (χ3n) is 4.19. The minimum Gasteiger partial charge on any atom is -0.399 e. The first-order valence-corrected chi connectivity index (χ1v) is 7.51. The van der Waals surface area contributed by atoms with Crippen LogP contribution in [-0.4, -0.2) is 41.7 Å². The molecule has 0 aromatic heterocycles. The maximum atomic E-state index is 12.2. The zero-order valence-corrected chi connectivity index (χ0v) is 12.8. The standard InChI is InChI=1S/C16H25N3O2/c1-11-7-8-12(17)9-13(11)18-16(21)10-19(2)14-5-3-4-6-15(14)20/h7-9,14-15,20H,3-6,10,17H2,1-2H3,(H,18,21). The van der Waals surface area contributed by atoms with Gasteiger partial charge in [0.2, 0.25) is 5.91 Å². The van der Waals surface area contributed by atoms with Gasteiger partial charge in [-0.1, -0.05) is 18.9 Å². The zero-order valence-electron chi connectivity index (χ0n) is 12.8. The predicted octanol–water partition coefficient (Wildman–Crippen LogP) is 1.75. The highest BCUT2D eigenvalue weighted by atomic mass is 16.3. The van der Waals surface area contributed by atoms with Crippen molar-refractivity contribution < 1.29 is 9.90 Å². The summed E-state index contributed by atoms with van der Waals surface area (Å²) in [7, 11) is 1.89. The van der Waals surface area contributed by atoms with Crippen molar-refractivity contribution in [3.63, 3.8) is 0 Å². The number of carbonyl (C=O) groups is 1. The van der Waals surface area contributed by atoms with Gasteiger partial charge in [0.25, 0.3) is 0 Å². The number of nitrogens with zero attached hydrogens (tertiary/aromatic N) is 1. The van der Waals surface area contributed by atoms with Gasteiger partial charge in [-0.15, -0.1) is 0 Å². The molecule has 0 radical (unpaired) electrons. The minimum absolute atomic E-state index is 0.0754. The largest absolute Gasteiger partial charge is 0.399 e. The van der Waals surface area contributed by atoms with Crippen LogP contribution in [0.4, 0.5) is 11.4 Å². The van der Waals surface area contributed by atoms with Crippen LogP contribution < -0.4 is 11.1 Å². The maximum absolute atomic E-state index is 12.2. The van der Waals surface area contributed by atoms with Crippen molar-refractivity contribution in [2.45, 2.75) is 44.8 Å².